The van der Waals surface area contributed by atoms with E-state index in [1.165, 1.54) is 40.4 Å². The summed E-state index contributed by atoms with van der Waals surface area (Å²) in [5.41, 5.74) is 3.12. The lowest BCUT2D eigenvalue weighted by molar-refractivity contribution is -0.113. The Bertz CT molecular complexity index is 1590. The van der Waals surface area contributed by atoms with Gasteiger partial charge in [-0.3, -0.25) is 14.2 Å². The fraction of sp³-hybridized carbons (Fsp3) is 0.154. The molecule has 0 fully saturated rings. The number of amides is 1. The van der Waals surface area contributed by atoms with Gasteiger partial charge in [0.15, 0.2) is 21.5 Å². The minimum atomic E-state index is -0.269. The second kappa shape index (κ2) is 11.7. The zero-order valence-corrected chi connectivity index (χ0v) is 22.3. The lowest BCUT2D eigenvalue weighted by Crippen LogP contribution is -2.26. The van der Waals surface area contributed by atoms with Gasteiger partial charge in [0, 0.05) is 34.8 Å². The van der Waals surface area contributed by atoms with E-state index in [2.05, 4.69) is 25.3 Å². The van der Waals surface area contributed by atoms with Crippen molar-refractivity contribution in [3.8, 4) is 11.3 Å². The van der Waals surface area contributed by atoms with E-state index in [0.29, 0.717) is 23.3 Å². The lowest BCUT2D eigenvalue weighted by Gasteiger charge is -2.12. The van der Waals surface area contributed by atoms with Crippen LogP contribution in [0.2, 0.25) is 0 Å². The molecule has 0 saturated heterocycles. The van der Waals surface area contributed by atoms with Gasteiger partial charge in [0.25, 0.3) is 5.56 Å². The summed E-state index contributed by atoms with van der Waals surface area (Å²) in [5.74, 6) is -0.160. The van der Waals surface area contributed by atoms with Crippen LogP contribution in [-0.4, -0.2) is 42.4 Å². The molecule has 2 aromatic carbocycles. The normalized spacial score (nSPS) is 11.1. The van der Waals surface area contributed by atoms with Gasteiger partial charge in [-0.2, -0.15) is 0 Å². The second-order valence-electron chi connectivity index (χ2n) is 7.92. The van der Waals surface area contributed by atoms with E-state index in [1.54, 1.807) is 16.3 Å². The summed E-state index contributed by atoms with van der Waals surface area (Å²) in [6.45, 7) is 0.414. The van der Waals surface area contributed by atoms with Crippen LogP contribution in [0.3, 0.4) is 0 Å². The van der Waals surface area contributed by atoms with Crippen LogP contribution >= 0.6 is 34.9 Å². The highest BCUT2D eigenvalue weighted by Crippen LogP contribution is 2.27. The molecule has 0 radical (unpaired) electrons. The zero-order chi connectivity index (χ0) is 25.6. The fourth-order valence-electron chi connectivity index (χ4n) is 3.63. The molecule has 0 aliphatic heterocycles. The minimum absolute atomic E-state index is 0.0703. The van der Waals surface area contributed by atoms with Crippen molar-refractivity contribution < 1.29 is 4.79 Å². The smallest absolute Gasteiger partial charge is 0.282 e. The average molecular weight is 547 g/mol. The van der Waals surface area contributed by atoms with Crippen LogP contribution in [0.25, 0.3) is 22.4 Å². The van der Waals surface area contributed by atoms with Crippen molar-refractivity contribution in [2.45, 2.75) is 23.0 Å². The number of nitrogens with one attached hydrogen (secondary N) is 1. The predicted molar refractivity (Wildman–Crippen MR) is 150 cm³/mol. The maximum Gasteiger partial charge on any atom is 0.282 e. The van der Waals surface area contributed by atoms with Gasteiger partial charge in [0.1, 0.15) is 0 Å². The Kier molecular flexibility index (Phi) is 7.93. The highest BCUT2D eigenvalue weighted by Gasteiger charge is 2.16. The number of thioether (sulfide) groups is 2. The van der Waals surface area contributed by atoms with Crippen LogP contribution in [0.1, 0.15) is 5.56 Å². The number of anilines is 1. The first-order chi connectivity index (χ1) is 18.1. The largest absolute Gasteiger partial charge is 0.301 e. The molecule has 0 saturated carbocycles. The lowest BCUT2D eigenvalue weighted by atomic mass is 10.1. The summed E-state index contributed by atoms with van der Waals surface area (Å²) in [5, 5.41) is 5.72. The van der Waals surface area contributed by atoms with Gasteiger partial charge >= 0.3 is 0 Å². The number of hydrogen-bond acceptors (Lipinski definition) is 9. The number of aromatic nitrogens is 5. The quantitative estimate of drug-likeness (QED) is 0.203. The minimum Gasteiger partial charge on any atom is -0.301 e. The molecule has 11 heteroatoms. The first kappa shape index (κ1) is 25.1. The topological polar surface area (TPSA) is 103 Å². The first-order valence-corrected chi connectivity index (χ1v) is 14.5. The molecule has 186 valence electrons. The van der Waals surface area contributed by atoms with E-state index in [9.17, 15) is 9.59 Å². The number of aryl methyl sites for hydroxylation is 1. The average Bonchev–Trinajstić information content (AvgIpc) is 3.40. The number of hydrogen-bond donors (Lipinski definition) is 1. The molecule has 1 N–H and O–H groups in total. The van der Waals surface area contributed by atoms with Gasteiger partial charge in [-0.1, -0.05) is 54.2 Å². The number of carbonyl (C=O) groups is 1. The molecule has 1 amide bonds. The molecule has 0 aliphatic carbocycles. The highest BCUT2D eigenvalue weighted by atomic mass is 32.2. The molecule has 5 aromatic rings. The Morgan fingerprint density at radius 3 is 2.59 bits per heavy atom. The number of benzene rings is 2. The zero-order valence-electron chi connectivity index (χ0n) is 19.8. The SMILES string of the molecule is CSc1ccc(-c2csc(NC(=O)CSc3nc4nccnc4c(=O)n3CCc3ccccc3)n2)cc1. The molecule has 0 aliphatic rings. The molecule has 3 heterocycles. The van der Waals surface area contributed by atoms with Crippen molar-refractivity contribution in [1.82, 2.24) is 24.5 Å². The van der Waals surface area contributed by atoms with Crippen LogP contribution in [0.5, 0.6) is 0 Å². The van der Waals surface area contributed by atoms with Gasteiger partial charge in [-0.15, -0.1) is 23.1 Å². The van der Waals surface area contributed by atoms with Crippen molar-refractivity contribution in [3.05, 3.63) is 88.3 Å². The van der Waals surface area contributed by atoms with Crippen molar-refractivity contribution in [2.75, 3.05) is 17.3 Å². The molecule has 5 rings (SSSR count). The van der Waals surface area contributed by atoms with Gasteiger partial charge in [0.05, 0.1) is 11.4 Å². The van der Waals surface area contributed by atoms with Crippen molar-refractivity contribution >= 4 is 57.1 Å². The van der Waals surface area contributed by atoms with Crippen LogP contribution < -0.4 is 10.9 Å². The number of thiazole rings is 1. The Labute approximate surface area is 225 Å². The Morgan fingerprint density at radius 2 is 1.81 bits per heavy atom. The number of nitrogens with zero attached hydrogens (tertiary/aromatic N) is 5. The summed E-state index contributed by atoms with van der Waals surface area (Å²) in [7, 11) is 0. The maximum absolute atomic E-state index is 13.2. The van der Waals surface area contributed by atoms with Crippen molar-refractivity contribution in [1.29, 1.82) is 0 Å². The van der Waals surface area contributed by atoms with Crippen molar-refractivity contribution in [2.24, 2.45) is 0 Å². The van der Waals surface area contributed by atoms with E-state index in [4.69, 9.17) is 0 Å². The molecule has 0 bridgehead atoms. The predicted octanol–water partition coefficient (Wildman–Crippen LogP) is 5.01. The Morgan fingerprint density at radius 1 is 1.03 bits per heavy atom. The van der Waals surface area contributed by atoms with Gasteiger partial charge in [-0.05, 0) is 30.4 Å². The summed E-state index contributed by atoms with van der Waals surface area (Å²) < 4.78 is 1.57. The fourth-order valence-corrected chi connectivity index (χ4v) is 5.59. The molecule has 0 spiro atoms. The summed E-state index contributed by atoms with van der Waals surface area (Å²) in [4.78, 5) is 44.6. The Balaban J connectivity index is 1.30. The highest BCUT2D eigenvalue weighted by molar-refractivity contribution is 7.99. The third kappa shape index (κ3) is 6.07. The van der Waals surface area contributed by atoms with Gasteiger partial charge < -0.3 is 5.32 Å². The van der Waals surface area contributed by atoms with E-state index in [1.807, 2.05) is 66.2 Å². The first-order valence-electron chi connectivity index (χ1n) is 11.4. The van der Waals surface area contributed by atoms with Crippen LogP contribution in [0.4, 0.5) is 5.13 Å². The van der Waals surface area contributed by atoms with E-state index >= 15 is 0 Å². The number of carbonyl (C=O) groups excluding carboxylic acids is 1. The molecular formula is C26H22N6O2S3. The van der Waals surface area contributed by atoms with Crippen molar-refractivity contribution in [3.63, 3.8) is 0 Å². The van der Waals surface area contributed by atoms with E-state index in [0.717, 1.165) is 16.8 Å². The molecule has 3 aromatic heterocycles. The van der Waals surface area contributed by atoms with Gasteiger partial charge in [-0.25, -0.2) is 19.9 Å². The third-order valence-electron chi connectivity index (χ3n) is 5.49. The van der Waals surface area contributed by atoms with E-state index in [-0.39, 0.29) is 28.4 Å². The summed E-state index contributed by atoms with van der Waals surface area (Å²) in [6.07, 6.45) is 5.66. The molecule has 0 unspecified atom stereocenters. The van der Waals surface area contributed by atoms with Gasteiger partial charge in [0.2, 0.25) is 5.91 Å². The molecule has 8 nitrogen and oxygen atoms in total. The molecule has 0 atom stereocenters. The standard InChI is InChI=1S/C26H22N6O2S3/c1-35-19-9-7-18(8-10-19)20-15-36-25(29-20)30-21(33)16-37-26-31-23-22(27-12-13-28-23)24(34)32(26)14-11-17-5-3-2-4-6-17/h2-10,12-13,15H,11,14,16H2,1H3,(H,29,30,33). The van der Waals surface area contributed by atoms with Crippen LogP contribution in [0.15, 0.2) is 87.2 Å². The maximum atomic E-state index is 13.2. The monoisotopic (exact) mass is 546 g/mol. The number of fused-ring (bicyclic) bond motifs is 1. The summed E-state index contributed by atoms with van der Waals surface area (Å²) >= 11 is 4.25. The number of rotatable bonds is 9. The molecular weight excluding hydrogens is 525 g/mol. The van der Waals surface area contributed by atoms with Crippen LogP contribution in [0, 0.1) is 0 Å². The Hall–Kier alpha value is -3.54. The third-order valence-corrected chi connectivity index (χ3v) is 7.97. The molecule has 37 heavy (non-hydrogen) atoms. The summed E-state index contributed by atoms with van der Waals surface area (Å²) in [6, 6.07) is 18.0. The van der Waals surface area contributed by atoms with E-state index < -0.39 is 0 Å². The van der Waals surface area contributed by atoms with Crippen LogP contribution in [-0.2, 0) is 17.8 Å². The second-order valence-corrected chi connectivity index (χ2v) is 10.6.